The van der Waals surface area contributed by atoms with E-state index < -0.39 is 31.4 Å². The maximum atomic E-state index is 12.5. The van der Waals surface area contributed by atoms with Gasteiger partial charge in [-0.3, -0.25) is 0 Å². The topological polar surface area (TPSA) is 103 Å². The Kier molecular flexibility index (Phi) is 6.96. The third-order valence-electron chi connectivity index (χ3n) is 3.68. The van der Waals surface area contributed by atoms with E-state index in [1.807, 2.05) is 0 Å². The first-order valence-corrected chi connectivity index (χ1v) is 10.9. The van der Waals surface area contributed by atoms with Crippen molar-refractivity contribution in [2.24, 2.45) is 0 Å². The summed E-state index contributed by atoms with van der Waals surface area (Å²) < 4.78 is 95.2. The van der Waals surface area contributed by atoms with Gasteiger partial charge in [0, 0.05) is 6.54 Å². The molecule has 0 radical (unpaired) electrons. The molecule has 0 saturated carbocycles. The van der Waals surface area contributed by atoms with Crippen LogP contribution in [0.1, 0.15) is 5.56 Å². The molecule has 0 unspecified atom stereocenters. The minimum absolute atomic E-state index is 0.0577. The second kappa shape index (κ2) is 8.90. The van der Waals surface area contributed by atoms with E-state index in [0.29, 0.717) is 5.56 Å². The van der Waals surface area contributed by atoms with Crippen LogP contribution in [-0.2, 0) is 26.6 Å². The molecular formula is C17H15F3N2O6S2. The number of alkyl halides is 3. The fraction of sp³-hybridized carbons (Fsp3) is 0.235. The average molecular weight is 464 g/mol. The Bertz CT molecular complexity index is 1160. The summed E-state index contributed by atoms with van der Waals surface area (Å²) in [5, 5.41) is 0. The van der Waals surface area contributed by atoms with Crippen molar-refractivity contribution in [3.8, 4) is 11.5 Å². The van der Waals surface area contributed by atoms with Crippen molar-refractivity contribution >= 4 is 25.8 Å². The third kappa shape index (κ3) is 5.62. The highest BCUT2D eigenvalue weighted by Crippen LogP contribution is 2.29. The second-order valence-electron chi connectivity index (χ2n) is 5.72. The molecule has 0 atom stereocenters. The van der Waals surface area contributed by atoms with E-state index in [4.69, 9.17) is 11.3 Å². The zero-order valence-electron chi connectivity index (χ0n) is 15.3. The van der Waals surface area contributed by atoms with Gasteiger partial charge in [-0.15, -0.1) is 0 Å². The van der Waals surface area contributed by atoms with Gasteiger partial charge in [0.15, 0.2) is 5.69 Å². The molecule has 2 rings (SSSR count). The summed E-state index contributed by atoms with van der Waals surface area (Å²) >= 11 is 0. The van der Waals surface area contributed by atoms with E-state index in [1.165, 1.54) is 37.4 Å². The lowest BCUT2D eigenvalue weighted by Crippen LogP contribution is -2.28. The molecule has 2 aromatic carbocycles. The van der Waals surface area contributed by atoms with Crippen molar-refractivity contribution in [2.75, 3.05) is 13.7 Å². The van der Waals surface area contributed by atoms with Crippen LogP contribution >= 0.6 is 0 Å². The Labute approximate surface area is 171 Å². The second-order valence-corrected chi connectivity index (χ2v) is 9.00. The smallest absolute Gasteiger partial charge is 0.495 e. The van der Waals surface area contributed by atoms with E-state index in [0.717, 1.165) is 12.1 Å². The fourth-order valence-electron chi connectivity index (χ4n) is 2.24. The van der Waals surface area contributed by atoms with Crippen molar-refractivity contribution in [1.29, 1.82) is 0 Å². The van der Waals surface area contributed by atoms with Gasteiger partial charge in [-0.1, -0.05) is 18.2 Å². The zero-order valence-corrected chi connectivity index (χ0v) is 16.9. The maximum absolute atomic E-state index is 12.5. The summed E-state index contributed by atoms with van der Waals surface area (Å²) in [5.41, 5.74) is -4.92. The molecule has 0 aromatic heterocycles. The summed E-state index contributed by atoms with van der Waals surface area (Å²) in [6.45, 7) is 6.91. The van der Waals surface area contributed by atoms with Crippen LogP contribution in [0.3, 0.4) is 0 Å². The molecule has 0 aliphatic heterocycles. The lowest BCUT2D eigenvalue weighted by atomic mass is 10.1. The number of methoxy groups -OCH3 is 1. The summed E-state index contributed by atoms with van der Waals surface area (Å²) in [4.78, 5) is 2.97. The minimum atomic E-state index is -5.77. The molecule has 0 fully saturated rings. The monoisotopic (exact) mass is 464 g/mol. The first-order valence-electron chi connectivity index (χ1n) is 8.04. The van der Waals surface area contributed by atoms with Crippen LogP contribution in [0.25, 0.3) is 4.85 Å². The molecule has 0 aliphatic carbocycles. The Morgan fingerprint density at radius 3 is 2.23 bits per heavy atom. The van der Waals surface area contributed by atoms with Gasteiger partial charge in [-0.05, 0) is 36.2 Å². The standard InChI is InChI=1S/C17H15F3N2O6S2/c1-21-13-5-8-15(27-2)16(11-13)29(23,24)22-10-9-12-3-6-14(7-4-12)28-30(25,26)17(18,19)20/h3-8,11,22H,9-10H2,2H3. The van der Waals surface area contributed by atoms with Crippen molar-refractivity contribution in [2.45, 2.75) is 16.8 Å². The molecule has 0 bridgehead atoms. The summed E-state index contributed by atoms with van der Waals surface area (Å²) in [6, 6.07) is 8.58. The molecule has 2 aromatic rings. The van der Waals surface area contributed by atoms with Crippen molar-refractivity contribution < 1.29 is 38.9 Å². The van der Waals surface area contributed by atoms with Gasteiger partial charge in [-0.25, -0.2) is 18.0 Å². The van der Waals surface area contributed by atoms with Gasteiger partial charge < -0.3 is 8.92 Å². The molecule has 162 valence electrons. The third-order valence-corrected chi connectivity index (χ3v) is 6.15. The van der Waals surface area contributed by atoms with Gasteiger partial charge in [0.05, 0.1) is 13.7 Å². The van der Waals surface area contributed by atoms with Crippen LogP contribution < -0.4 is 13.6 Å². The molecular weight excluding hydrogens is 449 g/mol. The SMILES string of the molecule is [C-]#[N+]c1ccc(OC)c(S(=O)(=O)NCCc2ccc(OS(=O)(=O)C(F)(F)F)cc2)c1. The Morgan fingerprint density at radius 1 is 1.07 bits per heavy atom. The van der Waals surface area contributed by atoms with Gasteiger partial charge >= 0.3 is 15.6 Å². The molecule has 13 heteroatoms. The molecule has 8 nitrogen and oxygen atoms in total. The van der Waals surface area contributed by atoms with E-state index in [-0.39, 0.29) is 29.3 Å². The van der Waals surface area contributed by atoms with Crippen LogP contribution in [0, 0.1) is 6.57 Å². The van der Waals surface area contributed by atoms with Gasteiger partial charge in [0.25, 0.3) is 0 Å². The molecule has 0 heterocycles. The Balaban J connectivity index is 2.04. The average Bonchev–Trinajstić information content (AvgIpc) is 2.67. The molecule has 0 saturated heterocycles. The quantitative estimate of drug-likeness (QED) is 0.366. The number of nitrogens with one attached hydrogen (secondary N) is 1. The lowest BCUT2D eigenvalue weighted by molar-refractivity contribution is -0.0500. The Morgan fingerprint density at radius 2 is 1.70 bits per heavy atom. The maximum Gasteiger partial charge on any atom is 0.534 e. The lowest BCUT2D eigenvalue weighted by Gasteiger charge is -2.12. The van der Waals surface area contributed by atoms with E-state index in [2.05, 4.69) is 13.8 Å². The Hall–Kier alpha value is -2.82. The largest absolute Gasteiger partial charge is 0.534 e. The highest BCUT2D eigenvalue weighted by atomic mass is 32.2. The first kappa shape index (κ1) is 23.5. The predicted octanol–water partition coefficient (Wildman–Crippen LogP) is 3.00. The normalized spacial score (nSPS) is 12.2. The van der Waals surface area contributed by atoms with Crippen molar-refractivity contribution in [3.63, 3.8) is 0 Å². The van der Waals surface area contributed by atoms with E-state index in [1.54, 1.807) is 0 Å². The zero-order chi connectivity index (χ0) is 22.6. The number of halogens is 3. The van der Waals surface area contributed by atoms with Crippen LogP contribution in [0.5, 0.6) is 11.5 Å². The summed E-state index contributed by atoms with van der Waals surface area (Å²) in [6.07, 6.45) is 0.149. The highest BCUT2D eigenvalue weighted by Gasteiger charge is 2.48. The van der Waals surface area contributed by atoms with Crippen LogP contribution in [0.4, 0.5) is 18.9 Å². The number of rotatable bonds is 8. The minimum Gasteiger partial charge on any atom is -0.495 e. The van der Waals surface area contributed by atoms with Crippen LogP contribution in [0.2, 0.25) is 0 Å². The van der Waals surface area contributed by atoms with Crippen molar-refractivity contribution in [3.05, 3.63) is 59.4 Å². The van der Waals surface area contributed by atoms with Gasteiger partial charge in [-0.2, -0.15) is 21.6 Å². The van der Waals surface area contributed by atoms with Gasteiger partial charge in [0.1, 0.15) is 16.4 Å². The number of ether oxygens (including phenoxy) is 1. The molecule has 0 amide bonds. The summed E-state index contributed by atoms with van der Waals surface area (Å²) in [5.74, 6) is -0.473. The fourth-order valence-corrected chi connectivity index (χ4v) is 3.92. The number of nitrogens with zero attached hydrogens (tertiary/aromatic N) is 1. The predicted molar refractivity (Wildman–Crippen MR) is 100 cm³/mol. The first-order chi connectivity index (χ1) is 13.9. The van der Waals surface area contributed by atoms with E-state index in [9.17, 15) is 30.0 Å². The number of hydrogen-bond donors (Lipinski definition) is 1. The van der Waals surface area contributed by atoms with Gasteiger partial charge in [0.2, 0.25) is 10.0 Å². The molecule has 0 spiro atoms. The molecule has 30 heavy (non-hydrogen) atoms. The highest BCUT2D eigenvalue weighted by molar-refractivity contribution is 7.89. The summed E-state index contributed by atoms with van der Waals surface area (Å²) in [7, 11) is -8.48. The van der Waals surface area contributed by atoms with Crippen LogP contribution in [0.15, 0.2) is 47.4 Å². The number of benzene rings is 2. The molecule has 0 aliphatic rings. The number of sulfonamides is 1. The van der Waals surface area contributed by atoms with Crippen molar-refractivity contribution in [1.82, 2.24) is 4.72 Å². The number of hydrogen-bond acceptors (Lipinski definition) is 6. The van der Waals surface area contributed by atoms with E-state index >= 15 is 0 Å². The van der Waals surface area contributed by atoms with Crippen LogP contribution in [-0.4, -0.2) is 36.0 Å². The molecule has 1 N–H and O–H groups in total.